The zero-order chi connectivity index (χ0) is 19.7. The van der Waals surface area contributed by atoms with Crippen molar-refractivity contribution in [3.05, 3.63) is 99.4 Å². The van der Waals surface area contributed by atoms with E-state index in [1.54, 1.807) is 12.3 Å². The lowest BCUT2D eigenvalue weighted by Crippen LogP contribution is -2.08. The minimum absolute atomic E-state index is 0.168. The van der Waals surface area contributed by atoms with Crippen LogP contribution < -0.4 is 0 Å². The molecule has 2 aromatic carbocycles. The molecule has 1 unspecified atom stereocenters. The second-order valence-electron chi connectivity index (χ2n) is 6.77. The molecule has 0 saturated heterocycles. The Bertz CT molecular complexity index is 1160. The second kappa shape index (κ2) is 7.78. The monoisotopic (exact) mass is 408 g/mol. The number of fused-ring (bicyclic) bond motifs is 1. The number of hydrogen-bond donors (Lipinski definition) is 1. The smallest absolute Gasteiger partial charge is 0.145 e. The number of phenolic OH excluding ortho intramolecular Hbond substituents is 1. The Kier molecular flexibility index (Phi) is 5.21. The van der Waals surface area contributed by atoms with E-state index in [0.29, 0.717) is 22.0 Å². The highest BCUT2D eigenvalue weighted by Gasteiger charge is 2.23. The number of pyridine rings is 2. The first-order valence-electron chi connectivity index (χ1n) is 8.97. The summed E-state index contributed by atoms with van der Waals surface area (Å²) in [5.74, 6) is -0.0211. The molecule has 0 aliphatic carbocycles. The average Bonchev–Trinajstić information content (AvgIpc) is 2.67. The predicted octanol–water partition coefficient (Wildman–Crippen LogP) is 6.33. The quantitative estimate of drug-likeness (QED) is 0.429. The number of benzene rings is 2. The first kappa shape index (κ1) is 18.7. The maximum atomic E-state index is 11.0. The third-order valence-corrected chi connectivity index (χ3v) is 5.41. The predicted molar refractivity (Wildman–Crippen MR) is 114 cm³/mol. The summed E-state index contributed by atoms with van der Waals surface area (Å²) in [6.07, 6.45) is 2.27. The van der Waals surface area contributed by atoms with Crippen LogP contribution in [0.5, 0.6) is 5.75 Å². The minimum Gasteiger partial charge on any atom is -0.505 e. The molecule has 0 aliphatic rings. The van der Waals surface area contributed by atoms with Crippen molar-refractivity contribution in [1.29, 1.82) is 0 Å². The fourth-order valence-corrected chi connectivity index (χ4v) is 4.06. The molecule has 1 N–H and O–H groups in total. The molecule has 0 amide bonds. The lowest BCUT2D eigenvalue weighted by Gasteiger charge is -2.21. The van der Waals surface area contributed by atoms with Gasteiger partial charge in [0, 0.05) is 50.9 Å². The van der Waals surface area contributed by atoms with Crippen LogP contribution in [0.15, 0.2) is 66.9 Å². The summed E-state index contributed by atoms with van der Waals surface area (Å²) in [5.41, 5.74) is 4.10. The van der Waals surface area contributed by atoms with Crippen LogP contribution >= 0.6 is 23.2 Å². The zero-order valence-electron chi connectivity index (χ0n) is 15.2. The van der Waals surface area contributed by atoms with Crippen LogP contribution in [0.3, 0.4) is 0 Å². The highest BCUT2D eigenvalue weighted by atomic mass is 35.5. The maximum absolute atomic E-state index is 11.0. The van der Waals surface area contributed by atoms with Crippen molar-refractivity contribution >= 4 is 34.1 Å². The van der Waals surface area contributed by atoms with E-state index in [9.17, 15) is 5.11 Å². The van der Waals surface area contributed by atoms with Gasteiger partial charge in [0.05, 0.1) is 0 Å². The SMILES string of the molecule is Cc1cccc(CC(c2ccc(Cl)cc2Cl)c2ccc3cccnc3c2O)n1. The molecule has 0 aliphatic heterocycles. The number of aryl methyl sites for hydroxylation is 1. The van der Waals surface area contributed by atoms with Gasteiger partial charge in [0.25, 0.3) is 0 Å². The van der Waals surface area contributed by atoms with Crippen LogP contribution in [0, 0.1) is 6.92 Å². The number of rotatable bonds is 4. The Morgan fingerprint density at radius 1 is 0.964 bits per heavy atom. The highest BCUT2D eigenvalue weighted by Crippen LogP contribution is 2.40. The molecule has 0 bridgehead atoms. The van der Waals surface area contributed by atoms with E-state index in [2.05, 4.69) is 9.97 Å². The van der Waals surface area contributed by atoms with E-state index < -0.39 is 0 Å². The highest BCUT2D eigenvalue weighted by molar-refractivity contribution is 6.35. The van der Waals surface area contributed by atoms with Gasteiger partial charge in [0.15, 0.2) is 0 Å². The number of aromatic nitrogens is 2. The Morgan fingerprint density at radius 2 is 1.79 bits per heavy atom. The van der Waals surface area contributed by atoms with Gasteiger partial charge < -0.3 is 5.11 Å². The van der Waals surface area contributed by atoms with Crippen molar-refractivity contribution in [1.82, 2.24) is 9.97 Å². The molecule has 5 heteroatoms. The molecule has 4 aromatic rings. The molecular weight excluding hydrogens is 391 g/mol. The largest absolute Gasteiger partial charge is 0.505 e. The van der Waals surface area contributed by atoms with Gasteiger partial charge in [0.2, 0.25) is 0 Å². The van der Waals surface area contributed by atoms with Crippen LogP contribution in [0.25, 0.3) is 10.9 Å². The van der Waals surface area contributed by atoms with Crippen LogP contribution in [-0.4, -0.2) is 15.1 Å². The van der Waals surface area contributed by atoms with Crippen molar-refractivity contribution < 1.29 is 5.11 Å². The van der Waals surface area contributed by atoms with Gasteiger partial charge in [-0.1, -0.05) is 53.5 Å². The fourth-order valence-electron chi connectivity index (χ4n) is 3.52. The van der Waals surface area contributed by atoms with E-state index in [0.717, 1.165) is 27.9 Å². The number of nitrogens with zero attached hydrogens (tertiary/aromatic N) is 2. The molecule has 0 spiro atoms. The first-order valence-corrected chi connectivity index (χ1v) is 9.72. The summed E-state index contributed by atoms with van der Waals surface area (Å²) >= 11 is 12.6. The molecule has 140 valence electrons. The normalized spacial score (nSPS) is 12.2. The summed E-state index contributed by atoms with van der Waals surface area (Å²) in [4.78, 5) is 8.99. The van der Waals surface area contributed by atoms with Gasteiger partial charge in [-0.25, -0.2) is 0 Å². The Morgan fingerprint density at radius 3 is 2.57 bits per heavy atom. The van der Waals surface area contributed by atoms with Gasteiger partial charge in [-0.3, -0.25) is 9.97 Å². The van der Waals surface area contributed by atoms with Crippen LogP contribution in [0.4, 0.5) is 0 Å². The van der Waals surface area contributed by atoms with Crippen molar-refractivity contribution in [3.63, 3.8) is 0 Å². The van der Waals surface area contributed by atoms with E-state index >= 15 is 0 Å². The number of hydrogen-bond acceptors (Lipinski definition) is 3. The molecular formula is C23H18Cl2N2O. The van der Waals surface area contributed by atoms with Crippen molar-refractivity contribution in [2.45, 2.75) is 19.3 Å². The second-order valence-corrected chi connectivity index (χ2v) is 7.62. The van der Waals surface area contributed by atoms with E-state index in [-0.39, 0.29) is 11.7 Å². The van der Waals surface area contributed by atoms with Gasteiger partial charge in [0.1, 0.15) is 11.3 Å². The number of aromatic hydroxyl groups is 1. The summed E-state index contributed by atoms with van der Waals surface area (Å²) in [6, 6.07) is 19.1. The van der Waals surface area contributed by atoms with Crippen molar-refractivity contribution in [3.8, 4) is 5.75 Å². The van der Waals surface area contributed by atoms with E-state index in [4.69, 9.17) is 23.2 Å². The lowest BCUT2D eigenvalue weighted by molar-refractivity contribution is 0.469. The molecule has 3 nitrogen and oxygen atoms in total. The molecule has 2 heterocycles. The van der Waals surface area contributed by atoms with Crippen molar-refractivity contribution in [2.24, 2.45) is 0 Å². The summed E-state index contributed by atoms with van der Waals surface area (Å²) in [7, 11) is 0. The minimum atomic E-state index is -0.189. The molecule has 0 radical (unpaired) electrons. The number of halogens is 2. The Hall–Kier alpha value is -2.62. The molecule has 1 atom stereocenters. The molecule has 0 saturated carbocycles. The molecule has 28 heavy (non-hydrogen) atoms. The molecule has 4 rings (SSSR count). The van der Waals surface area contributed by atoms with Crippen molar-refractivity contribution in [2.75, 3.05) is 0 Å². The van der Waals surface area contributed by atoms with Gasteiger partial charge >= 0.3 is 0 Å². The maximum Gasteiger partial charge on any atom is 0.145 e. The van der Waals surface area contributed by atoms with E-state index in [1.165, 1.54) is 0 Å². The zero-order valence-corrected chi connectivity index (χ0v) is 16.7. The molecule has 0 fully saturated rings. The third kappa shape index (κ3) is 3.68. The van der Waals surface area contributed by atoms with Crippen LogP contribution in [0.1, 0.15) is 28.4 Å². The van der Waals surface area contributed by atoms with Gasteiger partial charge in [-0.2, -0.15) is 0 Å². The number of phenols is 1. The summed E-state index contributed by atoms with van der Waals surface area (Å²) in [6.45, 7) is 1.96. The summed E-state index contributed by atoms with van der Waals surface area (Å²) in [5, 5.41) is 13.0. The topological polar surface area (TPSA) is 46.0 Å². The lowest BCUT2D eigenvalue weighted by atomic mass is 9.86. The summed E-state index contributed by atoms with van der Waals surface area (Å²) < 4.78 is 0. The van der Waals surface area contributed by atoms with Crippen LogP contribution in [-0.2, 0) is 6.42 Å². The standard InChI is InChI=1S/C23H18Cl2N2O/c1-14-4-2-6-17(27-14)13-20(18-10-8-16(24)12-21(18)25)19-9-7-15-5-3-11-26-22(15)23(19)28/h2-12,20,28H,13H2,1H3. The third-order valence-electron chi connectivity index (χ3n) is 4.85. The fraction of sp³-hybridized carbons (Fsp3) is 0.130. The first-order chi connectivity index (χ1) is 13.5. The Labute approximate surface area is 173 Å². The molecule has 2 aromatic heterocycles. The average molecular weight is 409 g/mol. The van der Waals surface area contributed by atoms with Crippen LogP contribution in [0.2, 0.25) is 10.0 Å². The van der Waals surface area contributed by atoms with Gasteiger partial charge in [-0.15, -0.1) is 0 Å². The van der Waals surface area contributed by atoms with Gasteiger partial charge in [-0.05, 0) is 42.8 Å². The van der Waals surface area contributed by atoms with E-state index in [1.807, 2.05) is 61.5 Å². The Balaban J connectivity index is 1.88.